The molecule has 0 aliphatic heterocycles. The lowest BCUT2D eigenvalue weighted by atomic mass is 10.0. The number of carbonyl (C=O) groups excluding carboxylic acids is 1. The van der Waals surface area contributed by atoms with E-state index in [0.717, 1.165) is 11.3 Å². The van der Waals surface area contributed by atoms with Gasteiger partial charge in [0, 0.05) is 29.8 Å². The van der Waals surface area contributed by atoms with Crippen molar-refractivity contribution in [3.63, 3.8) is 0 Å². The second-order valence-electron chi connectivity index (χ2n) is 5.54. The van der Waals surface area contributed by atoms with Crippen LogP contribution in [0.3, 0.4) is 0 Å². The molecular weight excluding hydrogens is 390 g/mol. The fourth-order valence-corrected chi connectivity index (χ4v) is 3.25. The van der Waals surface area contributed by atoms with Crippen LogP contribution in [0.1, 0.15) is 26.3 Å². The van der Waals surface area contributed by atoms with Crippen molar-refractivity contribution >= 4 is 28.6 Å². The standard InChI is InChI=1S/C13H11F2NO2S.C6H5NO2/c1-6-3-4-7(11(15)10(6)14)8-5-19-12(16-2)9(8)13(17)18;8-4-5-2-1-3-7-6(5)9/h3-5,16H,1-2H3,(H,17,18);1-4H,(H,7,9). The molecule has 0 saturated carbocycles. The number of aromatic nitrogens is 1. The van der Waals surface area contributed by atoms with Crippen molar-refractivity contribution in [2.45, 2.75) is 6.92 Å². The number of aromatic carboxylic acids is 1. The van der Waals surface area contributed by atoms with E-state index in [-0.39, 0.29) is 33.4 Å². The average molecular weight is 406 g/mol. The fraction of sp³-hybridized carbons (Fsp3) is 0.105. The van der Waals surface area contributed by atoms with Crippen LogP contribution in [-0.2, 0) is 0 Å². The van der Waals surface area contributed by atoms with Gasteiger partial charge in [-0.05, 0) is 24.6 Å². The maximum absolute atomic E-state index is 13.9. The Morgan fingerprint density at radius 1 is 1.21 bits per heavy atom. The Balaban J connectivity index is 0.000000261. The summed E-state index contributed by atoms with van der Waals surface area (Å²) < 4.78 is 27.5. The number of pyridine rings is 1. The molecule has 3 aromatic rings. The van der Waals surface area contributed by atoms with Gasteiger partial charge in [0.1, 0.15) is 10.6 Å². The second-order valence-corrected chi connectivity index (χ2v) is 6.42. The first kappa shape index (κ1) is 21.0. The zero-order chi connectivity index (χ0) is 20.8. The number of rotatable bonds is 4. The van der Waals surface area contributed by atoms with Crippen molar-refractivity contribution < 1.29 is 23.5 Å². The van der Waals surface area contributed by atoms with Crippen LogP contribution in [0.4, 0.5) is 13.8 Å². The van der Waals surface area contributed by atoms with Crippen LogP contribution in [-0.4, -0.2) is 29.4 Å². The first-order valence-corrected chi connectivity index (χ1v) is 8.80. The van der Waals surface area contributed by atoms with E-state index in [0.29, 0.717) is 11.3 Å². The number of carbonyl (C=O) groups is 2. The van der Waals surface area contributed by atoms with E-state index in [9.17, 15) is 28.3 Å². The number of H-pyrrole nitrogens is 1. The lowest BCUT2D eigenvalue weighted by Crippen LogP contribution is -2.09. The van der Waals surface area contributed by atoms with E-state index in [1.807, 2.05) is 0 Å². The minimum Gasteiger partial charge on any atom is -0.478 e. The summed E-state index contributed by atoms with van der Waals surface area (Å²) in [5.74, 6) is -3.16. The minimum absolute atomic E-state index is 0.0433. The highest BCUT2D eigenvalue weighted by Crippen LogP contribution is 2.37. The van der Waals surface area contributed by atoms with Crippen molar-refractivity contribution in [3.8, 4) is 11.1 Å². The number of hydrogen-bond donors (Lipinski definition) is 3. The number of aldehydes is 1. The van der Waals surface area contributed by atoms with Crippen molar-refractivity contribution in [3.05, 3.63) is 74.5 Å². The molecule has 0 bridgehead atoms. The molecule has 0 amide bonds. The quantitative estimate of drug-likeness (QED) is 0.570. The van der Waals surface area contributed by atoms with Crippen LogP contribution >= 0.6 is 11.3 Å². The summed E-state index contributed by atoms with van der Waals surface area (Å²) in [7, 11) is 1.58. The zero-order valence-corrected chi connectivity index (χ0v) is 15.7. The number of carboxylic acids is 1. The highest BCUT2D eigenvalue weighted by Gasteiger charge is 2.22. The van der Waals surface area contributed by atoms with Crippen molar-refractivity contribution in [1.82, 2.24) is 4.98 Å². The number of benzene rings is 1. The Morgan fingerprint density at radius 3 is 2.46 bits per heavy atom. The first-order valence-electron chi connectivity index (χ1n) is 7.92. The zero-order valence-electron chi connectivity index (χ0n) is 14.9. The van der Waals surface area contributed by atoms with Crippen molar-refractivity contribution in [1.29, 1.82) is 0 Å². The van der Waals surface area contributed by atoms with Crippen LogP contribution < -0.4 is 10.9 Å². The SMILES string of the molecule is CNc1scc(-c2ccc(C)c(F)c2F)c1C(=O)O.O=Cc1ccc[nH]c1=O. The van der Waals surface area contributed by atoms with Crippen LogP contribution in [0.5, 0.6) is 0 Å². The highest BCUT2D eigenvalue weighted by atomic mass is 32.1. The Labute approximate surface area is 162 Å². The number of thiophene rings is 1. The molecule has 9 heteroatoms. The summed E-state index contributed by atoms with van der Waals surface area (Å²) in [5.41, 5.74) is 0.0957. The van der Waals surface area contributed by atoms with Crippen LogP contribution in [0.2, 0.25) is 0 Å². The Bertz CT molecular complexity index is 1080. The third-order valence-electron chi connectivity index (χ3n) is 3.77. The number of aryl methyl sites for hydroxylation is 1. The van der Waals surface area contributed by atoms with E-state index in [2.05, 4.69) is 10.3 Å². The van der Waals surface area contributed by atoms with Crippen molar-refractivity contribution in [2.24, 2.45) is 0 Å². The van der Waals surface area contributed by atoms with Gasteiger partial charge in [-0.1, -0.05) is 12.1 Å². The van der Waals surface area contributed by atoms with Gasteiger partial charge in [-0.25, -0.2) is 13.6 Å². The molecule has 0 fully saturated rings. The summed E-state index contributed by atoms with van der Waals surface area (Å²) in [5, 5.41) is 13.8. The topological polar surface area (TPSA) is 99.3 Å². The summed E-state index contributed by atoms with van der Waals surface area (Å²) >= 11 is 1.14. The number of hydrogen-bond acceptors (Lipinski definition) is 5. The second kappa shape index (κ2) is 9.05. The maximum atomic E-state index is 13.9. The van der Waals surface area contributed by atoms with Gasteiger partial charge in [0.2, 0.25) is 0 Å². The molecule has 0 aliphatic carbocycles. The molecule has 0 radical (unpaired) electrons. The van der Waals surface area contributed by atoms with Gasteiger partial charge in [0.05, 0.1) is 5.56 Å². The molecule has 2 heterocycles. The normalized spacial score (nSPS) is 10.0. The average Bonchev–Trinajstić information content (AvgIpc) is 3.11. The third-order valence-corrected chi connectivity index (χ3v) is 4.77. The lowest BCUT2D eigenvalue weighted by molar-refractivity contribution is 0.0699. The molecule has 0 unspecified atom stereocenters. The maximum Gasteiger partial charge on any atom is 0.339 e. The van der Waals surface area contributed by atoms with Gasteiger partial charge in [0.15, 0.2) is 17.9 Å². The molecule has 1 aromatic carbocycles. The number of aromatic amines is 1. The molecule has 3 rings (SSSR count). The van der Waals surface area contributed by atoms with E-state index < -0.39 is 17.6 Å². The Morgan fingerprint density at radius 2 is 1.93 bits per heavy atom. The van der Waals surface area contributed by atoms with Gasteiger partial charge >= 0.3 is 5.97 Å². The number of nitrogens with one attached hydrogen (secondary N) is 2. The van der Waals surface area contributed by atoms with Crippen LogP contribution in [0.25, 0.3) is 11.1 Å². The molecule has 0 atom stereocenters. The molecule has 28 heavy (non-hydrogen) atoms. The molecule has 146 valence electrons. The number of halogens is 2. The molecule has 0 aliphatic rings. The van der Waals surface area contributed by atoms with Crippen LogP contribution in [0, 0.1) is 18.6 Å². The van der Waals surface area contributed by atoms with Crippen molar-refractivity contribution in [2.75, 3.05) is 12.4 Å². The predicted octanol–water partition coefficient (Wildman–Crippen LogP) is 3.93. The lowest BCUT2D eigenvalue weighted by Gasteiger charge is -2.06. The molecule has 2 aromatic heterocycles. The van der Waals surface area contributed by atoms with Gasteiger partial charge in [-0.3, -0.25) is 9.59 Å². The smallest absolute Gasteiger partial charge is 0.339 e. The van der Waals surface area contributed by atoms with Gasteiger partial charge in [-0.15, -0.1) is 11.3 Å². The molecule has 6 nitrogen and oxygen atoms in total. The number of anilines is 1. The fourth-order valence-electron chi connectivity index (χ4n) is 2.33. The Hall–Kier alpha value is -3.33. The van der Waals surface area contributed by atoms with Crippen LogP contribution in [0.15, 0.2) is 40.6 Å². The molecular formula is C19H16F2N2O4S. The molecule has 0 saturated heterocycles. The predicted molar refractivity (Wildman–Crippen MR) is 103 cm³/mol. The number of carboxylic acid groups (broad SMARTS) is 1. The third kappa shape index (κ3) is 4.32. The Kier molecular flexibility index (Phi) is 6.78. The summed E-state index contributed by atoms with van der Waals surface area (Å²) in [6.45, 7) is 1.45. The summed E-state index contributed by atoms with van der Waals surface area (Å²) in [6.07, 6.45) is 2.01. The monoisotopic (exact) mass is 406 g/mol. The largest absolute Gasteiger partial charge is 0.478 e. The summed E-state index contributed by atoms with van der Waals surface area (Å²) in [6, 6.07) is 5.88. The summed E-state index contributed by atoms with van der Waals surface area (Å²) in [4.78, 5) is 34.2. The van der Waals surface area contributed by atoms with E-state index >= 15 is 0 Å². The van der Waals surface area contributed by atoms with Gasteiger partial charge in [-0.2, -0.15) is 0 Å². The van der Waals surface area contributed by atoms with E-state index in [1.165, 1.54) is 36.7 Å². The van der Waals surface area contributed by atoms with E-state index in [1.54, 1.807) is 13.1 Å². The first-order chi connectivity index (χ1) is 13.3. The van der Waals surface area contributed by atoms with Gasteiger partial charge in [0.25, 0.3) is 5.56 Å². The highest BCUT2D eigenvalue weighted by molar-refractivity contribution is 7.15. The van der Waals surface area contributed by atoms with E-state index in [4.69, 9.17) is 0 Å². The minimum atomic E-state index is -1.18. The molecule has 3 N–H and O–H groups in total. The molecule has 0 spiro atoms. The van der Waals surface area contributed by atoms with Gasteiger partial charge < -0.3 is 15.4 Å².